The molecule has 4 nitrogen and oxygen atoms in total. The number of halogens is 2. The predicted molar refractivity (Wildman–Crippen MR) is 103 cm³/mol. The van der Waals surface area contributed by atoms with Crippen molar-refractivity contribution < 1.29 is 14.3 Å². The van der Waals surface area contributed by atoms with Gasteiger partial charge in [0.15, 0.2) is 0 Å². The Kier molecular flexibility index (Phi) is 6.59. The number of carbonyl (C=O) groups is 1. The van der Waals surface area contributed by atoms with Crippen LogP contribution in [-0.4, -0.2) is 36.3 Å². The molecule has 1 saturated heterocycles. The molecule has 1 aliphatic rings. The van der Waals surface area contributed by atoms with Gasteiger partial charge in [0, 0.05) is 16.7 Å². The summed E-state index contributed by atoms with van der Waals surface area (Å²) in [7, 11) is 0. The summed E-state index contributed by atoms with van der Waals surface area (Å²) in [6.45, 7) is 7.83. The fourth-order valence-corrected chi connectivity index (χ4v) is 3.23. The number of hydrogen-bond acceptors (Lipinski definition) is 3. The maximum atomic E-state index is 12.0. The first-order valence-electron chi connectivity index (χ1n) is 7.80. The SMILES string of the molecule is CC(C)(C)OC(=O)N1CCC(COc2cc(I)ccc2Br)CC1. The molecule has 23 heavy (non-hydrogen) atoms. The number of hydrogen-bond donors (Lipinski definition) is 0. The Morgan fingerprint density at radius 2 is 2.00 bits per heavy atom. The summed E-state index contributed by atoms with van der Waals surface area (Å²) in [4.78, 5) is 13.8. The summed E-state index contributed by atoms with van der Waals surface area (Å²) in [5, 5.41) is 0. The molecule has 0 unspecified atom stereocenters. The van der Waals surface area contributed by atoms with Gasteiger partial charge in [-0.25, -0.2) is 4.79 Å². The maximum absolute atomic E-state index is 12.0. The average molecular weight is 496 g/mol. The maximum Gasteiger partial charge on any atom is 0.410 e. The molecule has 0 bridgehead atoms. The van der Waals surface area contributed by atoms with Crippen LogP contribution in [0.15, 0.2) is 22.7 Å². The summed E-state index contributed by atoms with van der Waals surface area (Å²) in [6.07, 6.45) is 1.68. The van der Waals surface area contributed by atoms with Crippen LogP contribution in [0.2, 0.25) is 0 Å². The summed E-state index contributed by atoms with van der Waals surface area (Å²) < 4.78 is 13.5. The number of rotatable bonds is 3. The second-order valence-corrected chi connectivity index (χ2v) is 8.90. The zero-order valence-electron chi connectivity index (χ0n) is 13.8. The van der Waals surface area contributed by atoms with Crippen LogP contribution in [0.1, 0.15) is 33.6 Å². The lowest BCUT2D eigenvalue weighted by Gasteiger charge is -2.33. The van der Waals surface area contributed by atoms with Crippen molar-refractivity contribution in [3.05, 3.63) is 26.2 Å². The van der Waals surface area contributed by atoms with Crippen molar-refractivity contribution in [1.29, 1.82) is 0 Å². The molecular weight excluding hydrogens is 473 g/mol. The summed E-state index contributed by atoms with van der Waals surface area (Å²) in [6, 6.07) is 6.07. The minimum absolute atomic E-state index is 0.211. The fraction of sp³-hybridized carbons (Fsp3) is 0.588. The third-order valence-corrected chi connectivity index (χ3v) is 4.96. The number of benzene rings is 1. The first-order chi connectivity index (χ1) is 10.7. The van der Waals surface area contributed by atoms with Crippen LogP contribution in [0.5, 0.6) is 5.75 Å². The summed E-state index contributed by atoms with van der Waals surface area (Å²) in [5.41, 5.74) is -0.437. The second-order valence-electron chi connectivity index (χ2n) is 6.80. The Balaban J connectivity index is 1.79. The lowest BCUT2D eigenvalue weighted by molar-refractivity contribution is 0.0165. The van der Waals surface area contributed by atoms with Gasteiger partial charge in [-0.2, -0.15) is 0 Å². The van der Waals surface area contributed by atoms with Crippen molar-refractivity contribution in [2.24, 2.45) is 5.92 Å². The van der Waals surface area contributed by atoms with Gasteiger partial charge in [-0.15, -0.1) is 0 Å². The first kappa shape index (κ1) is 18.8. The minimum atomic E-state index is -0.437. The lowest BCUT2D eigenvalue weighted by Crippen LogP contribution is -2.42. The second kappa shape index (κ2) is 8.05. The van der Waals surface area contributed by atoms with E-state index >= 15 is 0 Å². The van der Waals surface area contributed by atoms with Crippen molar-refractivity contribution in [2.75, 3.05) is 19.7 Å². The first-order valence-corrected chi connectivity index (χ1v) is 9.67. The van der Waals surface area contributed by atoms with Crippen molar-refractivity contribution >= 4 is 44.6 Å². The van der Waals surface area contributed by atoms with Crippen LogP contribution < -0.4 is 4.74 Å². The van der Waals surface area contributed by atoms with Crippen LogP contribution in [0.4, 0.5) is 4.79 Å². The van der Waals surface area contributed by atoms with E-state index in [2.05, 4.69) is 38.5 Å². The van der Waals surface area contributed by atoms with Gasteiger partial charge in [-0.3, -0.25) is 0 Å². The highest BCUT2D eigenvalue weighted by atomic mass is 127. The van der Waals surface area contributed by atoms with Crippen LogP contribution in [0.25, 0.3) is 0 Å². The molecule has 0 aromatic heterocycles. The third-order valence-electron chi connectivity index (χ3n) is 3.63. The number of amides is 1. The smallest absolute Gasteiger partial charge is 0.410 e. The van der Waals surface area contributed by atoms with E-state index in [4.69, 9.17) is 9.47 Å². The standard InChI is InChI=1S/C17H23BrINO3/c1-17(2,3)23-16(21)20-8-6-12(7-9-20)11-22-15-10-13(19)4-5-14(15)18/h4-5,10,12H,6-9,11H2,1-3H3. The van der Waals surface area contributed by atoms with E-state index in [1.807, 2.05) is 39.0 Å². The molecule has 0 N–H and O–H groups in total. The van der Waals surface area contributed by atoms with Gasteiger partial charge in [0.1, 0.15) is 11.4 Å². The Morgan fingerprint density at radius 1 is 1.35 bits per heavy atom. The van der Waals surface area contributed by atoms with Crippen molar-refractivity contribution in [3.8, 4) is 5.75 Å². The third kappa shape index (κ3) is 6.14. The van der Waals surface area contributed by atoms with Crippen LogP contribution >= 0.6 is 38.5 Å². The van der Waals surface area contributed by atoms with E-state index in [1.165, 1.54) is 0 Å². The van der Waals surface area contributed by atoms with Gasteiger partial charge < -0.3 is 14.4 Å². The molecule has 0 saturated carbocycles. The van der Waals surface area contributed by atoms with E-state index in [1.54, 1.807) is 4.90 Å². The number of nitrogens with zero attached hydrogens (tertiary/aromatic N) is 1. The fourth-order valence-electron chi connectivity index (χ4n) is 2.40. The van der Waals surface area contributed by atoms with Gasteiger partial charge in [-0.1, -0.05) is 0 Å². The predicted octanol–water partition coefficient (Wildman–Crippen LogP) is 5.08. The Bertz CT molecular complexity index is 551. The van der Waals surface area contributed by atoms with E-state index in [-0.39, 0.29) is 6.09 Å². The molecular formula is C17H23BrINO3. The van der Waals surface area contributed by atoms with Crippen molar-refractivity contribution in [1.82, 2.24) is 4.90 Å². The van der Waals surface area contributed by atoms with E-state index < -0.39 is 5.60 Å². The van der Waals surface area contributed by atoms with E-state index in [0.717, 1.165) is 39.7 Å². The molecule has 1 aliphatic heterocycles. The van der Waals surface area contributed by atoms with E-state index in [0.29, 0.717) is 12.5 Å². The van der Waals surface area contributed by atoms with E-state index in [9.17, 15) is 4.79 Å². The molecule has 1 heterocycles. The molecule has 128 valence electrons. The zero-order chi connectivity index (χ0) is 17.0. The van der Waals surface area contributed by atoms with Gasteiger partial charge >= 0.3 is 6.09 Å². The molecule has 2 rings (SSSR count). The van der Waals surface area contributed by atoms with Gasteiger partial charge in [0.25, 0.3) is 0 Å². The zero-order valence-corrected chi connectivity index (χ0v) is 17.5. The van der Waals surface area contributed by atoms with Gasteiger partial charge in [0.05, 0.1) is 11.1 Å². The Morgan fingerprint density at radius 3 is 2.61 bits per heavy atom. The molecule has 0 atom stereocenters. The average Bonchev–Trinajstić information content (AvgIpc) is 2.47. The molecule has 1 amide bonds. The summed E-state index contributed by atoms with van der Waals surface area (Å²) >= 11 is 5.79. The quantitative estimate of drug-likeness (QED) is 0.549. The van der Waals surface area contributed by atoms with Crippen LogP contribution in [0, 0.1) is 9.49 Å². The van der Waals surface area contributed by atoms with Crippen LogP contribution in [0.3, 0.4) is 0 Å². The molecule has 0 spiro atoms. The Hall–Kier alpha value is -0.500. The topological polar surface area (TPSA) is 38.8 Å². The number of piperidine rings is 1. The van der Waals surface area contributed by atoms with Gasteiger partial charge in [0.2, 0.25) is 0 Å². The highest BCUT2D eigenvalue weighted by Gasteiger charge is 2.27. The molecule has 0 aliphatic carbocycles. The minimum Gasteiger partial charge on any atom is -0.492 e. The molecule has 6 heteroatoms. The number of likely N-dealkylation sites (tertiary alicyclic amines) is 1. The van der Waals surface area contributed by atoms with Crippen molar-refractivity contribution in [2.45, 2.75) is 39.2 Å². The number of carbonyl (C=O) groups excluding carboxylic acids is 1. The largest absolute Gasteiger partial charge is 0.492 e. The Labute approximate surface area is 160 Å². The van der Waals surface area contributed by atoms with Crippen LogP contribution in [-0.2, 0) is 4.74 Å². The van der Waals surface area contributed by atoms with Crippen molar-refractivity contribution in [3.63, 3.8) is 0 Å². The normalized spacial score (nSPS) is 16.3. The molecule has 0 radical (unpaired) electrons. The molecule has 1 aromatic rings. The highest BCUT2D eigenvalue weighted by Crippen LogP contribution is 2.28. The molecule has 1 aromatic carbocycles. The van der Waals surface area contributed by atoms with Gasteiger partial charge in [-0.05, 0) is 96.3 Å². The molecule has 1 fully saturated rings. The monoisotopic (exact) mass is 495 g/mol. The lowest BCUT2D eigenvalue weighted by atomic mass is 9.98. The number of ether oxygens (including phenoxy) is 2. The summed E-state index contributed by atoms with van der Waals surface area (Å²) in [5.74, 6) is 1.35. The highest BCUT2D eigenvalue weighted by molar-refractivity contribution is 14.1.